The summed E-state index contributed by atoms with van der Waals surface area (Å²) in [4.78, 5) is 25.4. The van der Waals surface area contributed by atoms with Crippen LogP contribution in [0.2, 0.25) is 0 Å². The maximum atomic E-state index is 12.3. The van der Waals surface area contributed by atoms with Gasteiger partial charge < -0.3 is 15.5 Å². The van der Waals surface area contributed by atoms with Crippen LogP contribution in [0.15, 0.2) is 30.3 Å². The van der Waals surface area contributed by atoms with Gasteiger partial charge >= 0.3 is 6.03 Å². The molecular formula is C15H21N3O2. The van der Waals surface area contributed by atoms with Crippen molar-refractivity contribution < 1.29 is 9.59 Å². The molecule has 0 bridgehead atoms. The fourth-order valence-corrected chi connectivity index (χ4v) is 2.55. The Hall–Kier alpha value is -2.04. The highest BCUT2D eigenvalue weighted by molar-refractivity contribution is 5.79. The van der Waals surface area contributed by atoms with E-state index in [1.165, 1.54) is 0 Å². The molecule has 5 nitrogen and oxygen atoms in total. The van der Waals surface area contributed by atoms with E-state index >= 15 is 0 Å². The van der Waals surface area contributed by atoms with Crippen molar-refractivity contribution in [1.82, 2.24) is 15.5 Å². The molecule has 1 aromatic carbocycles. The van der Waals surface area contributed by atoms with Gasteiger partial charge in [-0.3, -0.25) is 4.79 Å². The summed E-state index contributed by atoms with van der Waals surface area (Å²) in [5, 5.41) is 5.30. The van der Waals surface area contributed by atoms with E-state index in [-0.39, 0.29) is 18.0 Å². The summed E-state index contributed by atoms with van der Waals surface area (Å²) in [5.74, 6) is 0.136. The number of carbonyl (C=O) groups is 2. The quantitative estimate of drug-likeness (QED) is 0.866. The van der Waals surface area contributed by atoms with Crippen LogP contribution >= 0.6 is 0 Å². The molecule has 5 heteroatoms. The second kappa shape index (κ2) is 6.93. The molecule has 0 aromatic heterocycles. The zero-order chi connectivity index (χ0) is 14.4. The zero-order valence-electron chi connectivity index (χ0n) is 11.8. The molecule has 1 aromatic rings. The van der Waals surface area contributed by atoms with Crippen molar-refractivity contribution in [1.29, 1.82) is 0 Å². The van der Waals surface area contributed by atoms with E-state index < -0.39 is 0 Å². The Bertz CT molecular complexity index is 461. The molecule has 1 saturated heterocycles. The largest absolute Gasteiger partial charge is 0.341 e. The number of hydrogen-bond acceptors (Lipinski definition) is 2. The first kappa shape index (κ1) is 14.4. The van der Waals surface area contributed by atoms with Crippen molar-refractivity contribution in [2.24, 2.45) is 0 Å². The second-order valence-corrected chi connectivity index (χ2v) is 5.01. The lowest BCUT2D eigenvalue weighted by atomic mass is 10.1. The highest BCUT2D eigenvalue weighted by Crippen LogP contribution is 2.18. The van der Waals surface area contributed by atoms with E-state index in [0.717, 1.165) is 24.9 Å². The maximum absolute atomic E-state index is 12.3. The average molecular weight is 275 g/mol. The van der Waals surface area contributed by atoms with Gasteiger partial charge in [0.25, 0.3) is 0 Å². The van der Waals surface area contributed by atoms with Gasteiger partial charge in [-0.1, -0.05) is 30.3 Å². The van der Waals surface area contributed by atoms with Gasteiger partial charge in [0.2, 0.25) is 5.91 Å². The van der Waals surface area contributed by atoms with Crippen LogP contribution in [0.3, 0.4) is 0 Å². The standard InChI is InChI=1S/C15H21N3O2/c1-16-15(20)17-11-13-8-5-9-18(13)14(19)10-12-6-3-2-4-7-12/h2-4,6-7,13H,5,8-11H2,1H3,(H2,16,17,20)/t13-/m1/s1. The van der Waals surface area contributed by atoms with Crippen molar-refractivity contribution in [3.63, 3.8) is 0 Å². The molecule has 0 spiro atoms. The number of hydrogen-bond donors (Lipinski definition) is 2. The van der Waals surface area contributed by atoms with Gasteiger partial charge in [0.05, 0.1) is 6.42 Å². The molecule has 0 saturated carbocycles. The van der Waals surface area contributed by atoms with Gasteiger partial charge in [0.1, 0.15) is 0 Å². The third-order valence-electron chi connectivity index (χ3n) is 3.62. The van der Waals surface area contributed by atoms with Crippen molar-refractivity contribution in [3.05, 3.63) is 35.9 Å². The lowest BCUT2D eigenvalue weighted by molar-refractivity contribution is -0.131. The van der Waals surface area contributed by atoms with Gasteiger partial charge in [-0.15, -0.1) is 0 Å². The predicted molar refractivity (Wildman–Crippen MR) is 77.3 cm³/mol. The minimum absolute atomic E-state index is 0.114. The minimum Gasteiger partial charge on any atom is -0.341 e. The predicted octanol–water partition coefficient (Wildman–Crippen LogP) is 1.15. The lowest BCUT2D eigenvalue weighted by Crippen LogP contribution is -2.45. The van der Waals surface area contributed by atoms with Gasteiger partial charge in [-0.2, -0.15) is 0 Å². The normalized spacial score (nSPS) is 17.9. The average Bonchev–Trinajstić information content (AvgIpc) is 2.94. The molecule has 0 radical (unpaired) electrons. The van der Waals surface area contributed by atoms with Crippen LogP contribution < -0.4 is 10.6 Å². The fraction of sp³-hybridized carbons (Fsp3) is 0.467. The Morgan fingerprint density at radius 1 is 1.30 bits per heavy atom. The Morgan fingerprint density at radius 2 is 2.05 bits per heavy atom. The van der Waals surface area contributed by atoms with Gasteiger partial charge in [0.15, 0.2) is 0 Å². The van der Waals surface area contributed by atoms with Crippen LogP contribution in [0.5, 0.6) is 0 Å². The number of nitrogens with one attached hydrogen (secondary N) is 2. The van der Waals surface area contributed by atoms with E-state index in [1.807, 2.05) is 35.2 Å². The van der Waals surface area contributed by atoms with Crippen molar-refractivity contribution in [3.8, 4) is 0 Å². The van der Waals surface area contributed by atoms with Crippen molar-refractivity contribution >= 4 is 11.9 Å². The summed E-state index contributed by atoms with van der Waals surface area (Å²) in [7, 11) is 1.59. The molecule has 108 valence electrons. The number of carbonyl (C=O) groups excluding carboxylic acids is 2. The molecule has 3 amide bonds. The summed E-state index contributed by atoms with van der Waals surface area (Å²) in [6.45, 7) is 1.30. The zero-order valence-corrected chi connectivity index (χ0v) is 11.8. The summed E-state index contributed by atoms with van der Waals surface area (Å²) in [5.41, 5.74) is 1.03. The number of urea groups is 1. The topological polar surface area (TPSA) is 61.4 Å². The van der Waals surface area contributed by atoms with Crippen LogP contribution in [-0.2, 0) is 11.2 Å². The lowest BCUT2D eigenvalue weighted by Gasteiger charge is -2.25. The number of likely N-dealkylation sites (tertiary alicyclic amines) is 1. The first-order chi connectivity index (χ1) is 9.70. The Kier molecular flexibility index (Phi) is 4.98. The fourth-order valence-electron chi connectivity index (χ4n) is 2.55. The van der Waals surface area contributed by atoms with Crippen LogP contribution in [0.4, 0.5) is 4.79 Å². The first-order valence-electron chi connectivity index (χ1n) is 6.99. The molecular weight excluding hydrogens is 254 g/mol. The Labute approximate surface area is 119 Å². The molecule has 20 heavy (non-hydrogen) atoms. The first-order valence-corrected chi connectivity index (χ1v) is 6.99. The van der Waals surface area contributed by atoms with E-state index in [9.17, 15) is 9.59 Å². The number of amides is 3. The monoisotopic (exact) mass is 275 g/mol. The summed E-state index contributed by atoms with van der Waals surface area (Å²) < 4.78 is 0. The summed E-state index contributed by atoms with van der Waals surface area (Å²) >= 11 is 0. The SMILES string of the molecule is CNC(=O)NC[C@H]1CCCN1C(=O)Cc1ccccc1. The molecule has 1 aliphatic heterocycles. The Balaban J connectivity index is 1.89. The maximum Gasteiger partial charge on any atom is 0.314 e. The number of rotatable bonds is 4. The summed E-state index contributed by atoms with van der Waals surface area (Å²) in [6.07, 6.45) is 2.38. The van der Waals surface area contributed by atoms with E-state index in [1.54, 1.807) is 7.05 Å². The van der Waals surface area contributed by atoms with Crippen LogP contribution in [-0.4, -0.2) is 43.0 Å². The molecule has 0 unspecified atom stereocenters. The van der Waals surface area contributed by atoms with Crippen LogP contribution in [0.1, 0.15) is 18.4 Å². The Morgan fingerprint density at radius 3 is 2.75 bits per heavy atom. The van der Waals surface area contributed by atoms with Crippen LogP contribution in [0.25, 0.3) is 0 Å². The molecule has 0 aliphatic carbocycles. The summed E-state index contributed by atoms with van der Waals surface area (Å²) in [6, 6.07) is 9.67. The number of benzene rings is 1. The van der Waals surface area contributed by atoms with E-state index in [4.69, 9.17) is 0 Å². The molecule has 1 heterocycles. The smallest absolute Gasteiger partial charge is 0.314 e. The van der Waals surface area contributed by atoms with Gasteiger partial charge in [-0.25, -0.2) is 4.79 Å². The highest BCUT2D eigenvalue weighted by atomic mass is 16.2. The molecule has 2 rings (SSSR count). The van der Waals surface area contributed by atoms with Crippen molar-refractivity contribution in [2.45, 2.75) is 25.3 Å². The third kappa shape index (κ3) is 3.73. The molecule has 1 atom stereocenters. The number of nitrogens with zero attached hydrogens (tertiary/aromatic N) is 1. The van der Waals surface area contributed by atoms with E-state index in [0.29, 0.717) is 13.0 Å². The highest BCUT2D eigenvalue weighted by Gasteiger charge is 2.28. The second-order valence-electron chi connectivity index (χ2n) is 5.01. The van der Waals surface area contributed by atoms with Gasteiger partial charge in [0, 0.05) is 26.2 Å². The molecule has 2 N–H and O–H groups in total. The van der Waals surface area contributed by atoms with E-state index in [2.05, 4.69) is 10.6 Å². The third-order valence-corrected chi connectivity index (χ3v) is 3.62. The van der Waals surface area contributed by atoms with Gasteiger partial charge in [-0.05, 0) is 18.4 Å². The van der Waals surface area contributed by atoms with Crippen LogP contribution in [0, 0.1) is 0 Å². The molecule has 1 aliphatic rings. The minimum atomic E-state index is -0.202. The molecule has 1 fully saturated rings. The van der Waals surface area contributed by atoms with Crippen molar-refractivity contribution in [2.75, 3.05) is 20.1 Å².